The zero-order chi connectivity index (χ0) is 8.27. The van der Waals surface area contributed by atoms with Gasteiger partial charge < -0.3 is 5.11 Å². The molecule has 0 radical (unpaired) electrons. The van der Waals surface area contributed by atoms with E-state index in [1.165, 1.54) is 12.4 Å². The summed E-state index contributed by atoms with van der Waals surface area (Å²) in [4.78, 5) is 18.0. The van der Waals surface area contributed by atoms with Gasteiger partial charge in [-0.25, -0.2) is 9.78 Å². The molecule has 0 aromatic carbocycles. The van der Waals surface area contributed by atoms with Crippen LogP contribution < -0.4 is 0 Å². The minimum absolute atomic E-state index is 0.0509. The van der Waals surface area contributed by atoms with Gasteiger partial charge >= 0.3 is 5.97 Å². The molecule has 0 aliphatic heterocycles. The van der Waals surface area contributed by atoms with Crippen molar-refractivity contribution in [2.75, 3.05) is 0 Å². The van der Waals surface area contributed by atoms with Crippen LogP contribution in [0.2, 0.25) is 0 Å². The molecule has 0 amide bonds. The van der Waals surface area contributed by atoms with Gasteiger partial charge in [-0.3, -0.25) is 4.98 Å². The highest BCUT2D eigenvalue weighted by molar-refractivity contribution is 5.86. The third kappa shape index (κ3) is 1.52. The van der Waals surface area contributed by atoms with Crippen LogP contribution in [0.15, 0.2) is 12.4 Å². The highest BCUT2D eigenvalue weighted by Crippen LogP contribution is 2.01. The highest BCUT2D eigenvalue weighted by Gasteiger charge is 2.09. The number of aromatic nitrogens is 2. The Hall–Kier alpha value is -1.45. The molecule has 58 valence electrons. The van der Waals surface area contributed by atoms with Gasteiger partial charge in [-0.2, -0.15) is 0 Å². The largest absolute Gasteiger partial charge is 0.476 e. The first-order valence-electron chi connectivity index (χ1n) is 3.29. The second kappa shape index (κ2) is 3.09. The topological polar surface area (TPSA) is 63.1 Å². The average molecular weight is 152 g/mol. The summed E-state index contributed by atoms with van der Waals surface area (Å²) in [6, 6.07) is 0. The fourth-order valence-corrected chi connectivity index (χ4v) is 0.804. The number of rotatable bonds is 2. The first-order chi connectivity index (χ1) is 5.25. The molecule has 0 aliphatic carbocycles. The maximum atomic E-state index is 10.5. The molecule has 0 spiro atoms. The van der Waals surface area contributed by atoms with E-state index in [-0.39, 0.29) is 5.69 Å². The van der Waals surface area contributed by atoms with E-state index in [4.69, 9.17) is 5.11 Å². The van der Waals surface area contributed by atoms with Crippen molar-refractivity contribution in [2.24, 2.45) is 0 Å². The lowest BCUT2D eigenvalue weighted by Crippen LogP contribution is -2.06. The van der Waals surface area contributed by atoms with Crippen molar-refractivity contribution in [3.63, 3.8) is 0 Å². The van der Waals surface area contributed by atoms with Crippen molar-refractivity contribution >= 4 is 5.97 Å². The van der Waals surface area contributed by atoms with Crippen LogP contribution in [0.25, 0.3) is 0 Å². The van der Waals surface area contributed by atoms with Crippen molar-refractivity contribution in [2.45, 2.75) is 13.3 Å². The van der Waals surface area contributed by atoms with Crippen molar-refractivity contribution in [3.8, 4) is 0 Å². The Bertz CT molecular complexity index is 273. The molecule has 1 N–H and O–H groups in total. The minimum atomic E-state index is -1.02. The molecule has 1 rings (SSSR count). The van der Waals surface area contributed by atoms with Gasteiger partial charge in [0.15, 0.2) is 5.69 Å². The molecule has 11 heavy (non-hydrogen) atoms. The smallest absolute Gasteiger partial charge is 0.356 e. The molecule has 0 unspecified atom stereocenters. The molecular formula is C7H8N2O2. The average Bonchev–Trinajstić information content (AvgIpc) is 2.04. The molecule has 1 aromatic heterocycles. The lowest BCUT2D eigenvalue weighted by molar-refractivity contribution is 0.0688. The van der Waals surface area contributed by atoms with E-state index < -0.39 is 5.97 Å². The van der Waals surface area contributed by atoms with Crippen LogP contribution in [0.1, 0.15) is 23.1 Å². The molecule has 4 heteroatoms. The zero-order valence-electron chi connectivity index (χ0n) is 6.11. The SMILES string of the molecule is CCc1nccnc1C(=O)O. The van der Waals surface area contributed by atoms with Crippen LogP contribution in [-0.2, 0) is 6.42 Å². The van der Waals surface area contributed by atoms with Crippen LogP contribution in [-0.4, -0.2) is 21.0 Å². The van der Waals surface area contributed by atoms with E-state index in [0.717, 1.165) is 0 Å². The Labute approximate surface area is 63.9 Å². The molecular weight excluding hydrogens is 144 g/mol. The lowest BCUT2D eigenvalue weighted by Gasteiger charge is -1.97. The Balaban J connectivity index is 3.12. The van der Waals surface area contributed by atoms with Crippen LogP contribution in [0.3, 0.4) is 0 Å². The van der Waals surface area contributed by atoms with E-state index in [0.29, 0.717) is 12.1 Å². The summed E-state index contributed by atoms with van der Waals surface area (Å²) in [6.07, 6.45) is 3.46. The number of carbonyl (C=O) groups is 1. The summed E-state index contributed by atoms with van der Waals surface area (Å²) in [7, 11) is 0. The van der Waals surface area contributed by atoms with Gasteiger partial charge in [0.05, 0.1) is 5.69 Å². The van der Waals surface area contributed by atoms with Crippen LogP contribution in [0, 0.1) is 0 Å². The zero-order valence-corrected chi connectivity index (χ0v) is 6.11. The molecule has 0 saturated heterocycles. The predicted molar refractivity (Wildman–Crippen MR) is 38.4 cm³/mol. The summed E-state index contributed by atoms with van der Waals surface area (Å²) in [5, 5.41) is 8.59. The standard InChI is InChI=1S/C7H8N2O2/c1-2-5-6(7(10)11)9-4-3-8-5/h3-4H,2H2,1H3,(H,10,11). The summed E-state index contributed by atoms with van der Waals surface area (Å²) in [5.74, 6) is -1.02. The van der Waals surface area contributed by atoms with Crippen molar-refractivity contribution in [3.05, 3.63) is 23.8 Å². The Morgan fingerprint density at radius 3 is 2.64 bits per heavy atom. The molecule has 0 aliphatic rings. The number of nitrogens with zero attached hydrogens (tertiary/aromatic N) is 2. The van der Waals surface area contributed by atoms with Gasteiger partial charge in [-0.05, 0) is 6.42 Å². The molecule has 4 nitrogen and oxygen atoms in total. The first kappa shape index (κ1) is 7.65. The maximum absolute atomic E-state index is 10.5. The summed E-state index contributed by atoms with van der Waals surface area (Å²) in [6.45, 7) is 1.84. The number of carboxylic acid groups (broad SMARTS) is 1. The number of carboxylic acids is 1. The molecule has 0 atom stereocenters. The molecule has 0 bridgehead atoms. The molecule has 0 fully saturated rings. The lowest BCUT2D eigenvalue weighted by atomic mass is 10.2. The van der Waals surface area contributed by atoms with Gasteiger partial charge in [0, 0.05) is 12.4 Å². The van der Waals surface area contributed by atoms with Crippen LogP contribution in [0.4, 0.5) is 0 Å². The van der Waals surface area contributed by atoms with Crippen LogP contribution >= 0.6 is 0 Å². The quantitative estimate of drug-likeness (QED) is 0.678. The summed E-state index contributed by atoms with van der Waals surface area (Å²) < 4.78 is 0. The first-order valence-corrected chi connectivity index (χ1v) is 3.29. The second-order valence-electron chi connectivity index (χ2n) is 2.01. The van der Waals surface area contributed by atoms with Gasteiger partial charge in [-0.1, -0.05) is 6.92 Å². The number of hydrogen-bond acceptors (Lipinski definition) is 3. The normalized spacial score (nSPS) is 9.55. The van der Waals surface area contributed by atoms with E-state index in [1.807, 2.05) is 6.92 Å². The Kier molecular flexibility index (Phi) is 2.15. The van der Waals surface area contributed by atoms with Gasteiger partial charge in [0.25, 0.3) is 0 Å². The third-order valence-corrected chi connectivity index (χ3v) is 1.31. The number of aromatic carboxylic acids is 1. The van der Waals surface area contributed by atoms with E-state index in [9.17, 15) is 4.79 Å². The Morgan fingerprint density at radius 1 is 1.55 bits per heavy atom. The van der Waals surface area contributed by atoms with Crippen molar-refractivity contribution < 1.29 is 9.90 Å². The summed E-state index contributed by atoms with van der Waals surface area (Å²) >= 11 is 0. The summed E-state index contributed by atoms with van der Waals surface area (Å²) in [5.41, 5.74) is 0.579. The highest BCUT2D eigenvalue weighted by atomic mass is 16.4. The van der Waals surface area contributed by atoms with Crippen LogP contribution in [0.5, 0.6) is 0 Å². The maximum Gasteiger partial charge on any atom is 0.356 e. The fourth-order valence-electron chi connectivity index (χ4n) is 0.804. The third-order valence-electron chi connectivity index (χ3n) is 1.31. The van der Waals surface area contributed by atoms with Gasteiger partial charge in [0.1, 0.15) is 0 Å². The Morgan fingerprint density at radius 2 is 2.18 bits per heavy atom. The fraction of sp³-hybridized carbons (Fsp3) is 0.286. The monoisotopic (exact) mass is 152 g/mol. The van der Waals surface area contributed by atoms with E-state index >= 15 is 0 Å². The van der Waals surface area contributed by atoms with Crippen molar-refractivity contribution in [1.82, 2.24) is 9.97 Å². The van der Waals surface area contributed by atoms with E-state index in [2.05, 4.69) is 9.97 Å². The predicted octanol–water partition coefficient (Wildman–Crippen LogP) is 0.737. The molecule has 1 heterocycles. The minimum Gasteiger partial charge on any atom is -0.476 e. The van der Waals surface area contributed by atoms with E-state index in [1.54, 1.807) is 0 Å². The molecule has 0 saturated carbocycles. The van der Waals surface area contributed by atoms with Crippen molar-refractivity contribution in [1.29, 1.82) is 0 Å². The molecule has 1 aromatic rings. The number of aryl methyl sites for hydroxylation is 1. The number of hydrogen-bond donors (Lipinski definition) is 1. The van der Waals surface area contributed by atoms with Gasteiger partial charge in [0.2, 0.25) is 0 Å². The van der Waals surface area contributed by atoms with Gasteiger partial charge in [-0.15, -0.1) is 0 Å². The second-order valence-corrected chi connectivity index (χ2v) is 2.01.